The third-order valence-electron chi connectivity index (χ3n) is 3.95. The van der Waals surface area contributed by atoms with Gasteiger partial charge >= 0.3 is 6.03 Å². The van der Waals surface area contributed by atoms with Crippen LogP contribution in [0.25, 0.3) is 11.3 Å². The van der Waals surface area contributed by atoms with Crippen LogP contribution >= 0.6 is 0 Å². The molecule has 0 spiro atoms. The number of urea groups is 1. The monoisotopic (exact) mass is 300 g/mol. The normalized spacial score (nSPS) is 18.2. The molecule has 22 heavy (non-hydrogen) atoms. The van der Waals surface area contributed by atoms with E-state index in [1.807, 2.05) is 30.3 Å². The second-order valence-corrected chi connectivity index (χ2v) is 5.42. The Labute approximate surface area is 129 Å². The topological polar surface area (TPSA) is 70.2 Å². The lowest BCUT2D eigenvalue weighted by Crippen LogP contribution is -2.44. The van der Waals surface area contributed by atoms with E-state index in [1.165, 1.54) is 0 Å². The van der Waals surface area contributed by atoms with Crippen molar-refractivity contribution in [2.24, 2.45) is 0 Å². The molecule has 6 heteroatoms. The highest BCUT2D eigenvalue weighted by molar-refractivity contribution is 5.89. The van der Waals surface area contributed by atoms with Crippen LogP contribution in [0.1, 0.15) is 12.8 Å². The molecule has 2 aromatic rings. The molecule has 1 aromatic carbocycles. The third-order valence-corrected chi connectivity index (χ3v) is 3.95. The number of ether oxygens (including phenoxy) is 1. The minimum atomic E-state index is -0.0731. The zero-order chi connectivity index (χ0) is 15.4. The van der Waals surface area contributed by atoms with E-state index in [1.54, 1.807) is 18.2 Å². The van der Waals surface area contributed by atoms with E-state index >= 15 is 0 Å². The van der Waals surface area contributed by atoms with Crippen LogP contribution in [0.5, 0.6) is 0 Å². The summed E-state index contributed by atoms with van der Waals surface area (Å²) in [5.41, 5.74) is 2.78. The van der Waals surface area contributed by atoms with E-state index in [-0.39, 0.29) is 12.1 Å². The second-order valence-electron chi connectivity index (χ2n) is 5.42. The fraction of sp³-hybridized carbons (Fsp3) is 0.375. The number of nitrogens with zero attached hydrogens (tertiary/aromatic N) is 2. The first kappa shape index (κ1) is 14.6. The van der Waals surface area contributed by atoms with Crippen molar-refractivity contribution >= 4 is 11.7 Å². The summed E-state index contributed by atoms with van der Waals surface area (Å²) in [5, 5.41) is 9.78. The molecule has 0 aliphatic carbocycles. The molecule has 2 amide bonds. The summed E-state index contributed by atoms with van der Waals surface area (Å²) in [6.07, 6.45) is 3.85. The highest BCUT2D eigenvalue weighted by Gasteiger charge is 2.23. The zero-order valence-corrected chi connectivity index (χ0v) is 12.6. The maximum Gasteiger partial charge on any atom is 0.321 e. The van der Waals surface area contributed by atoms with Crippen molar-refractivity contribution < 1.29 is 9.53 Å². The molecule has 1 atom stereocenters. The Morgan fingerprint density at radius 2 is 2.18 bits per heavy atom. The number of rotatable bonds is 3. The van der Waals surface area contributed by atoms with Crippen molar-refractivity contribution in [2.45, 2.75) is 18.9 Å². The number of hydrogen-bond acceptors (Lipinski definition) is 3. The van der Waals surface area contributed by atoms with E-state index in [9.17, 15) is 4.79 Å². The van der Waals surface area contributed by atoms with Crippen molar-refractivity contribution in [3.63, 3.8) is 0 Å². The predicted molar refractivity (Wildman–Crippen MR) is 84.6 cm³/mol. The fourth-order valence-corrected chi connectivity index (χ4v) is 2.67. The van der Waals surface area contributed by atoms with Gasteiger partial charge in [0.1, 0.15) is 0 Å². The van der Waals surface area contributed by atoms with Gasteiger partial charge in [0.25, 0.3) is 0 Å². The molecule has 0 saturated carbocycles. The van der Waals surface area contributed by atoms with Gasteiger partial charge in [0, 0.05) is 32.1 Å². The predicted octanol–water partition coefficient (Wildman–Crippen LogP) is 2.72. The van der Waals surface area contributed by atoms with Gasteiger partial charge in [0.05, 0.1) is 11.8 Å². The van der Waals surface area contributed by atoms with Crippen LogP contribution in [0.4, 0.5) is 10.5 Å². The quantitative estimate of drug-likeness (QED) is 0.915. The Bertz CT molecular complexity index is 610. The number of carbonyl (C=O) groups is 1. The van der Waals surface area contributed by atoms with Crippen LogP contribution in [0.3, 0.4) is 0 Å². The van der Waals surface area contributed by atoms with Gasteiger partial charge in [0.2, 0.25) is 0 Å². The summed E-state index contributed by atoms with van der Waals surface area (Å²) in [6.45, 7) is 1.42. The number of likely N-dealkylation sites (tertiary alicyclic amines) is 1. The summed E-state index contributed by atoms with van der Waals surface area (Å²) < 4.78 is 5.35. The molecule has 1 saturated heterocycles. The van der Waals surface area contributed by atoms with Crippen molar-refractivity contribution in [3.05, 3.63) is 36.5 Å². The zero-order valence-electron chi connectivity index (χ0n) is 12.6. The molecule has 3 rings (SSSR count). The van der Waals surface area contributed by atoms with Crippen molar-refractivity contribution in [2.75, 3.05) is 25.5 Å². The lowest BCUT2D eigenvalue weighted by Gasteiger charge is -2.31. The maximum atomic E-state index is 12.3. The molecule has 0 radical (unpaired) electrons. The molecule has 0 unspecified atom stereocenters. The van der Waals surface area contributed by atoms with Gasteiger partial charge < -0.3 is 15.0 Å². The summed E-state index contributed by atoms with van der Waals surface area (Å²) >= 11 is 0. The van der Waals surface area contributed by atoms with E-state index < -0.39 is 0 Å². The fourth-order valence-electron chi connectivity index (χ4n) is 2.67. The first-order valence-electron chi connectivity index (χ1n) is 7.45. The first-order chi connectivity index (χ1) is 10.8. The molecule has 116 valence electrons. The average Bonchev–Trinajstić information content (AvgIpc) is 3.10. The van der Waals surface area contributed by atoms with E-state index in [0.29, 0.717) is 6.54 Å². The van der Waals surface area contributed by atoms with Gasteiger partial charge in [0.15, 0.2) is 0 Å². The Morgan fingerprint density at radius 3 is 2.86 bits per heavy atom. The largest absolute Gasteiger partial charge is 0.380 e. The maximum absolute atomic E-state index is 12.3. The number of nitrogens with one attached hydrogen (secondary N) is 2. The number of carbonyl (C=O) groups excluding carboxylic acids is 1. The number of aromatic amines is 1. The van der Waals surface area contributed by atoms with Gasteiger partial charge in [-0.05, 0) is 36.6 Å². The van der Waals surface area contributed by atoms with Gasteiger partial charge in [-0.1, -0.05) is 12.1 Å². The molecular formula is C16H20N4O2. The van der Waals surface area contributed by atoms with Gasteiger partial charge in [-0.25, -0.2) is 4.79 Å². The number of benzene rings is 1. The number of amides is 2. The molecule has 1 aromatic heterocycles. The van der Waals surface area contributed by atoms with E-state index in [4.69, 9.17) is 4.74 Å². The second kappa shape index (κ2) is 6.62. The van der Waals surface area contributed by atoms with Crippen LogP contribution in [-0.2, 0) is 4.74 Å². The molecule has 2 heterocycles. The lowest BCUT2D eigenvalue weighted by molar-refractivity contribution is 0.0458. The van der Waals surface area contributed by atoms with Crippen molar-refractivity contribution in [1.29, 1.82) is 0 Å². The Morgan fingerprint density at radius 1 is 1.36 bits per heavy atom. The van der Waals surface area contributed by atoms with E-state index in [0.717, 1.165) is 36.3 Å². The summed E-state index contributed by atoms with van der Waals surface area (Å²) in [7, 11) is 1.69. The van der Waals surface area contributed by atoms with Crippen molar-refractivity contribution in [1.82, 2.24) is 15.1 Å². The molecule has 1 aliphatic heterocycles. The first-order valence-corrected chi connectivity index (χ1v) is 7.45. The summed E-state index contributed by atoms with van der Waals surface area (Å²) in [6, 6.07) is 9.54. The Kier molecular flexibility index (Phi) is 4.39. The SMILES string of the molecule is CO[C@@H]1CCCN(C(=O)Nc2ccc(-c3ccn[nH]3)cc2)C1. The Balaban J connectivity index is 1.62. The van der Waals surface area contributed by atoms with E-state index in [2.05, 4.69) is 15.5 Å². The third kappa shape index (κ3) is 3.28. The van der Waals surface area contributed by atoms with Crippen molar-refractivity contribution in [3.8, 4) is 11.3 Å². The van der Waals surface area contributed by atoms with Gasteiger partial charge in [-0.2, -0.15) is 5.10 Å². The minimum Gasteiger partial charge on any atom is -0.380 e. The lowest BCUT2D eigenvalue weighted by atomic mass is 10.1. The summed E-state index contributed by atoms with van der Waals surface area (Å²) in [5.74, 6) is 0. The molecular weight excluding hydrogens is 280 g/mol. The van der Waals surface area contributed by atoms with Crippen LogP contribution in [0, 0.1) is 0 Å². The smallest absolute Gasteiger partial charge is 0.321 e. The average molecular weight is 300 g/mol. The number of hydrogen-bond donors (Lipinski definition) is 2. The minimum absolute atomic E-state index is 0.0731. The highest BCUT2D eigenvalue weighted by atomic mass is 16.5. The van der Waals surface area contributed by atoms with Crippen LogP contribution in [-0.4, -0.2) is 47.4 Å². The van der Waals surface area contributed by atoms with Gasteiger partial charge in [-0.15, -0.1) is 0 Å². The number of piperidine rings is 1. The number of aromatic nitrogens is 2. The standard InChI is InChI=1S/C16H20N4O2/c1-22-14-3-2-10-20(11-14)16(21)18-13-6-4-12(5-7-13)15-8-9-17-19-15/h4-9,14H,2-3,10-11H2,1H3,(H,17,19)(H,18,21)/t14-/m1/s1. The molecule has 6 nitrogen and oxygen atoms in total. The highest BCUT2D eigenvalue weighted by Crippen LogP contribution is 2.20. The molecule has 0 bridgehead atoms. The number of H-pyrrole nitrogens is 1. The summed E-state index contributed by atoms with van der Waals surface area (Å²) in [4.78, 5) is 14.1. The van der Waals surface area contributed by atoms with Crippen LogP contribution < -0.4 is 5.32 Å². The Hall–Kier alpha value is -2.34. The number of anilines is 1. The number of methoxy groups -OCH3 is 1. The van der Waals surface area contributed by atoms with Crippen LogP contribution in [0.2, 0.25) is 0 Å². The van der Waals surface area contributed by atoms with Gasteiger partial charge in [-0.3, -0.25) is 5.10 Å². The molecule has 1 aliphatic rings. The molecule has 1 fully saturated rings. The van der Waals surface area contributed by atoms with Crippen LogP contribution in [0.15, 0.2) is 36.5 Å². The molecule has 2 N–H and O–H groups in total.